The molecule has 2 N–H and O–H groups in total. The SMILES string of the molecule is CC(C)(C)OC(=O)N1CCN([C@@H](CN)c2ccccc2Cl)CC1. The Morgan fingerprint density at radius 3 is 2.39 bits per heavy atom. The first-order valence-corrected chi connectivity index (χ1v) is 8.36. The van der Waals surface area contributed by atoms with Crippen molar-refractivity contribution in [3.05, 3.63) is 34.9 Å². The lowest BCUT2D eigenvalue weighted by molar-refractivity contribution is 0.0106. The smallest absolute Gasteiger partial charge is 0.410 e. The van der Waals surface area contributed by atoms with E-state index in [4.69, 9.17) is 22.1 Å². The highest BCUT2D eigenvalue weighted by Gasteiger charge is 2.29. The van der Waals surface area contributed by atoms with Crippen LogP contribution in [0.25, 0.3) is 0 Å². The molecule has 1 heterocycles. The molecule has 1 amide bonds. The van der Waals surface area contributed by atoms with Gasteiger partial charge in [-0.15, -0.1) is 0 Å². The number of carbonyl (C=O) groups excluding carboxylic acids is 1. The van der Waals surface area contributed by atoms with Crippen LogP contribution in [0.5, 0.6) is 0 Å². The molecule has 0 aliphatic carbocycles. The van der Waals surface area contributed by atoms with E-state index in [1.165, 1.54) is 0 Å². The summed E-state index contributed by atoms with van der Waals surface area (Å²) in [4.78, 5) is 16.2. The Morgan fingerprint density at radius 2 is 1.87 bits per heavy atom. The summed E-state index contributed by atoms with van der Waals surface area (Å²) in [6.07, 6.45) is -0.251. The fourth-order valence-corrected chi connectivity index (χ4v) is 3.02. The van der Waals surface area contributed by atoms with E-state index in [1.807, 2.05) is 45.0 Å². The molecule has 0 spiro atoms. The molecule has 0 bridgehead atoms. The predicted octanol–water partition coefficient (Wildman–Crippen LogP) is 2.89. The maximum Gasteiger partial charge on any atom is 0.410 e. The number of halogens is 1. The fraction of sp³-hybridized carbons (Fsp3) is 0.588. The summed E-state index contributed by atoms with van der Waals surface area (Å²) in [5.74, 6) is 0. The van der Waals surface area contributed by atoms with E-state index in [2.05, 4.69) is 4.90 Å². The Labute approximate surface area is 143 Å². The third-order valence-electron chi connectivity index (χ3n) is 3.89. The van der Waals surface area contributed by atoms with Gasteiger partial charge in [0.25, 0.3) is 0 Å². The largest absolute Gasteiger partial charge is 0.444 e. The lowest BCUT2D eigenvalue weighted by Gasteiger charge is -2.39. The second kappa shape index (κ2) is 7.51. The number of piperazine rings is 1. The van der Waals surface area contributed by atoms with Crippen LogP contribution >= 0.6 is 11.6 Å². The van der Waals surface area contributed by atoms with Crippen molar-refractivity contribution in [3.8, 4) is 0 Å². The normalized spacial score (nSPS) is 17.9. The summed E-state index contributed by atoms with van der Waals surface area (Å²) in [7, 11) is 0. The second-order valence-corrected chi connectivity index (χ2v) is 7.18. The van der Waals surface area contributed by atoms with Gasteiger partial charge in [0.2, 0.25) is 0 Å². The van der Waals surface area contributed by atoms with Gasteiger partial charge in [0, 0.05) is 43.8 Å². The van der Waals surface area contributed by atoms with Gasteiger partial charge in [-0.25, -0.2) is 4.79 Å². The predicted molar refractivity (Wildman–Crippen MR) is 92.6 cm³/mol. The number of nitrogens with zero attached hydrogens (tertiary/aromatic N) is 2. The van der Waals surface area contributed by atoms with Crippen LogP contribution in [-0.4, -0.2) is 54.2 Å². The number of ether oxygens (including phenoxy) is 1. The van der Waals surface area contributed by atoms with Crippen molar-refractivity contribution >= 4 is 17.7 Å². The van der Waals surface area contributed by atoms with E-state index in [0.29, 0.717) is 19.6 Å². The molecule has 0 radical (unpaired) electrons. The Kier molecular flexibility index (Phi) is 5.89. The number of hydrogen-bond acceptors (Lipinski definition) is 4. The van der Waals surface area contributed by atoms with Gasteiger partial charge in [0.1, 0.15) is 5.60 Å². The molecule has 1 aromatic rings. The van der Waals surface area contributed by atoms with Crippen molar-refractivity contribution in [1.82, 2.24) is 9.80 Å². The van der Waals surface area contributed by atoms with E-state index in [0.717, 1.165) is 23.7 Å². The number of rotatable bonds is 3. The molecule has 2 rings (SSSR count). The maximum atomic E-state index is 12.1. The van der Waals surface area contributed by atoms with Gasteiger partial charge in [-0.1, -0.05) is 29.8 Å². The summed E-state index contributed by atoms with van der Waals surface area (Å²) in [5, 5.41) is 0.734. The van der Waals surface area contributed by atoms with Crippen LogP contribution < -0.4 is 5.73 Å². The number of carbonyl (C=O) groups is 1. The summed E-state index contributed by atoms with van der Waals surface area (Å²) >= 11 is 6.30. The standard InChI is InChI=1S/C17H26ClN3O2/c1-17(2,3)23-16(22)21-10-8-20(9-11-21)15(12-19)13-6-4-5-7-14(13)18/h4-7,15H,8-12,19H2,1-3H3/t15-/m0/s1. The van der Waals surface area contributed by atoms with Crippen LogP contribution in [0, 0.1) is 0 Å². The van der Waals surface area contributed by atoms with Gasteiger partial charge in [0.15, 0.2) is 0 Å². The second-order valence-electron chi connectivity index (χ2n) is 6.78. The average molecular weight is 340 g/mol. The lowest BCUT2D eigenvalue weighted by Crippen LogP contribution is -2.51. The number of hydrogen-bond donors (Lipinski definition) is 1. The highest BCUT2D eigenvalue weighted by Crippen LogP contribution is 2.27. The third kappa shape index (κ3) is 4.83. The van der Waals surface area contributed by atoms with E-state index in [1.54, 1.807) is 4.90 Å². The van der Waals surface area contributed by atoms with Gasteiger partial charge in [-0.2, -0.15) is 0 Å². The van der Waals surface area contributed by atoms with E-state index < -0.39 is 5.60 Å². The molecule has 1 aliphatic heterocycles. The van der Waals surface area contributed by atoms with E-state index >= 15 is 0 Å². The molecule has 1 atom stereocenters. The Balaban J connectivity index is 1.98. The van der Waals surface area contributed by atoms with E-state index in [-0.39, 0.29) is 12.1 Å². The first-order chi connectivity index (χ1) is 10.8. The highest BCUT2D eigenvalue weighted by molar-refractivity contribution is 6.31. The minimum absolute atomic E-state index is 0.0736. The molecule has 0 saturated carbocycles. The average Bonchev–Trinajstić information content (AvgIpc) is 2.49. The zero-order valence-corrected chi connectivity index (χ0v) is 14.8. The zero-order valence-electron chi connectivity index (χ0n) is 14.1. The summed E-state index contributed by atoms with van der Waals surface area (Å²) in [6.45, 7) is 8.91. The topological polar surface area (TPSA) is 58.8 Å². The molecular weight excluding hydrogens is 314 g/mol. The minimum atomic E-state index is -0.467. The molecule has 0 unspecified atom stereocenters. The minimum Gasteiger partial charge on any atom is -0.444 e. The van der Waals surface area contributed by atoms with Crippen LogP contribution in [0.4, 0.5) is 4.79 Å². The van der Waals surface area contributed by atoms with Crippen molar-refractivity contribution in [2.24, 2.45) is 5.73 Å². The molecule has 6 heteroatoms. The number of nitrogens with two attached hydrogens (primary N) is 1. The van der Waals surface area contributed by atoms with Crippen LogP contribution in [0.15, 0.2) is 24.3 Å². The Hall–Kier alpha value is -1.30. The number of benzene rings is 1. The van der Waals surface area contributed by atoms with Gasteiger partial charge >= 0.3 is 6.09 Å². The third-order valence-corrected chi connectivity index (χ3v) is 4.24. The molecule has 128 valence electrons. The summed E-state index contributed by atoms with van der Waals surface area (Å²) in [5.41, 5.74) is 6.55. The fourth-order valence-electron chi connectivity index (χ4n) is 2.76. The lowest BCUT2D eigenvalue weighted by atomic mass is 10.0. The van der Waals surface area contributed by atoms with Gasteiger partial charge in [-0.3, -0.25) is 4.90 Å². The van der Waals surface area contributed by atoms with Gasteiger partial charge < -0.3 is 15.4 Å². The molecule has 0 aromatic heterocycles. The summed E-state index contributed by atoms with van der Waals surface area (Å²) < 4.78 is 5.43. The van der Waals surface area contributed by atoms with Crippen molar-refractivity contribution in [2.45, 2.75) is 32.4 Å². The number of amides is 1. The van der Waals surface area contributed by atoms with Crippen LogP contribution in [-0.2, 0) is 4.74 Å². The molecule has 1 aliphatic rings. The van der Waals surface area contributed by atoms with Crippen LogP contribution in [0.2, 0.25) is 5.02 Å². The van der Waals surface area contributed by atoms with Crippen LogP contribution in [0.3, 0.4) is 0 Å². The monoisotopic (exact) mass is 339 g/mol. The maximum absolute atomic E-state index is 12.1. The van der Waals surface area contributed by atoms with Crippen molar-refractivity contribution < 1.29 is 9.53 Å². The zero-order chi connectivity index (χ0) is 17.0. The molecule has 23 heavy (non-hydrogen) atoms. The Morgan fingerprint density at radius 1 is 1.26 bits per heavy atom. The molecule has 5 nitrogen and oxygen atoms in total. The van der Waals surface area contributed by atoms with Crippen molar-refractivity contribution in [1.29, 1.82) is 0 Å². The molecular formula is C17H26ClN3O2. The quantitative estimate of drug-likeness (QED) is 0.920. The van der Waals surface area contributed by atoms with Crippen molar-refractivity contribution in [2.75, 3.05) is 32.7 Å². The molecule has 1 aromatic carbocycles. The highest BCUT2D eigenvalue weighted by atomic mass is 35.5. The molecule has 1 saturated heterocycles. The summed E-state index contributed by atoms with van der Waals surface area (Å²) in [6, 6.07) is 7.86. The van der Waals surface area contributed by atoms with Crippen LogP contribution in [0.1, 0.15) is 32.4 Å². The molecule has 1 fully saturated rings. The van der Waals surface area contributed by atoms with Gasteiger partial charge in [0.05, 0.1) is 0 Å². The first kappa shape index (κ1) is 18.0. The van der Waals surface area contributed by atoms with Gasteiger partial charge in [-0.05, 0) is 32.4 Å². The first-order valence-electron chi connectivity index (χ1n) is 7.98. The Bertz CT molecular complexity index is 537. The van der Waals surface area contributed by atoms with E-state index in [9.17, 15) is 4.79 Å². The van der Waals surface area contributed by atoms with Crippen molar-refractivity contribution in [3.63, 3.8) is 0 Å².